The van der Waals surface area contributed by atoms with E-state index in [4.69, 9.17) is 18.9 Å². The van der Waals surface area contributed by atoms with E-state index >= 15 is 0 Å². The monoisotopic (exact) mass is 823 g/mol. The lowest BCUT2D eigenvalue weighted by atomic mass is 9.98. The summed E-state index contributed by atoms with van der Waals surface area (Å²) in [6.07, 6.45) is 0.477. The lowest BCUT2D eigenvalue weighted by molar-refractivity contribution is -0.169. The first-order valence-corrected chi connectivity index (χ1v) is 22.6. The van der Waals surface area contributed by atoms with Crippen molar-refractivity contribution in [2.75, 3.05) is 38.0 Å². The van der Waals surface area contributed by atoms with Crippen molar-refractivity contribution in [2.45, 2.75) is 87.7 Å². The maximum atomic E-state index is 13.7. The molecule has 2 aliphatic rings. The number of esters is 1. The molecule has 5 rings (SSSR count). The third kappa shape index (κ3) is 12.4. The van der Waals surface area contributed by atoms with Crippen molar-refractivity contribution in [3.05, 3.63) is 95.6 Å². The summed E-state index contributed by atoms with van der Waals surface area (Å²) >= 11 is 1.56. The largest absolute Gasteiger partial charge is 0.467 e. The van der Waals surface area contributed by atoms with Gasteiger partial charge >= 0.3 is 12.1 Å². The summed E-state index contributed by atoms with van der Waals surface area (Å²) in [7, 11) is 4.40. The van der Waals surface area contributed by atoms with Crippen LogP contribution in [0, 0.1) is 0 Å². The minimum Gasteiger partial charge on any atom is -0.467 e. The Morgan fingerprint density at radius 2 is 1.54 bits per heavy atom. The van der Waals surface area contributed by atoms with Crippen molar-refractivity contribution >= 4 is 57.2 Å². The molecule has 11 nitrogen and oxygen atoms in total. The molecule has 0 saturated carbocycles. The number of thioether (sulfide) groups is 1. The summed E-state index contributed by atoms with van der Waals surface area (Å²) in [5.41, 5.74) is 5.40. The van der Waals surface area contributed by atoms with Crippen LogP contribution in [0.15, 0.2) is 78.9 Å². The summed E-state index contributed by atoms with van der Waals surface area (Å²) in [6.45, 7) is 6.75. The van der Waals surface area contributed by atoms with Crippen LogP contribution in [0.1, 0.15) is 62.6 Å². The molecule has 56 heavy (non-hydrogen) atoms. The second-order valence-electron chi connectivity index (χ2n) is 14.7. The summed E-state index contributed by atoms with van der Waals surface area (Å²) in [4.78, 5) is 53.3. The molecule has 1 aliphatic carbocycles. The molecule has 3 aromatic rings. The zero-order chi connectivity index (χ0) is 40.1. The van der Waals surface area contributed by atoms with E-state index in [1.165, 1.54) is 17.9 Å². The van der Waals surface area contributed by atoms with Crippen LogP contribution in [0.25, 0.3) is 11.1 Å². The molecule has 1 heterocycles. The maximum Gasteiger partial charge on any atom is 0.407 e. The average Bonchev–Trinajstić information content (AvgIpc) is 3.52. The summed E-state index contributed by atoms with van der Waals surface area (Å²) in [5.74, 6) is -0.586. The first-order chi connectivity index (χ1) is 27.0. The van der Waals surface area contributed by atoms with Gasteiger partial charge in [0.1, 0.15) is 18.7 Å². The predicted octanol–water partition coefficient (Wildman–Crippen LogP) is 6.73. The van der Waals surface area contributed by atoms with E-state index in [1.807, 2.05) is 60.9 Å². The Bertz CT molecular complexity index is 1730. The van der Waals surface area contributed by atoms with Crippen LogP contribution in [-0.4, -0.2) is 97.0 Å². The molecule has 302 valence electrons. The van der Waals surface area contributed by atoms with Crippen molar-refractivity contribution in [3.63, 3.8) is 0 Å². The smallest absolute Gasteiger partial charge is 0.407 e. The number of nitrogens with one attached hydrogen (secondary N) is 3. The zero-order valence-electron chi connectivity index (χ0n) is 32.6. The van der Waals surface area contributed by atoms with Gasteiger partial charge in [-0.3, -0.25) is 9.59 Å². The van der Waals surface area contributed by atoms with E-state index in [1.54, 1.807) is 22.6 Å². The number of amides is 3. The minimum atomic E-state index is -1.04. The number of hydrogen-bond acceptors (Lipinski definition) is 11. The molecule has 3 aromatic carbocycles. The summed E-state index contributed by atoms with van der Waals surface area (Å²) in [5, 5.41) is 8.57. The second kappa shape index (κ2) is 21.2. The maximum absolute atomic E-state index is 13.7. The van der Waals surface area contributed by atoms with Gasteiger partial charge in [-0.05, 0) is 59.1 Å². The van der Waals surface area contributed by atoms with Crippen LogP contribution in [-0.2, 0) is 39.9 Å². The third-order valence-electron chi connectivity index (χ3n) is 9.43. The van der Waals surface area contributed by atoms with Gasteiger partial charge in [-0.25, -0.2) is 9.59 Å². The SMILES string of the molecule is COC(=O)[C@H](CCSC)NC(=O)[C@H]1O[C@H](CNC(=O)[C@H](CSSC(C)(C)C)NC(=O)OCC2c3ccccc3-c3ccccc32)CC[C@@H]1OCc1ccccc1. The van der Waals surface area contributed by atoms with Gasteiger partial charge in [-0.2, -0.15) is 11.8 Å². The molecule has 0 spiro atoms. The highest BCUT2D eigenvalue weighted by molar-refractivity contribution is 8.77. The van der Waals surface area contributed by atoms with Gasteiger partial charge in [0.25, 0.3) is 5.91 Å². The number of benzene rings is 3. The summed E-state index contributed by atoms with van der Waals surface area (Å²) < 4.78 is 23.2. The van der Waals surface area contributed by atoms with Crippen molar-refractivity contribution in [2.24, 2.45) is 0 Å². The molecule has 0 radical (unpaired) electrons. The van der Waals surface area contributed by atoms with Gasteiger partial charge in [-0.1, -0.05) is 121 Å². The summed E-state index contributed by atoms with van der Waals surface area (Å²) in [6, 6.07) is 24.1. The highest BCUT2D eigenvalue weighted by Crippen LogP contribution is 2.44. The fourth-order valence-corrected chi connectivity index (χ4v) is 9.59. The molecule has 1 aliphatic heterocycles. The number of alkyl carbamates (subject to hydrolysis) is 1. The van der Waals surface area contributed by atoms with E-state index in [0.29, 0.717) is 30.8 Å². The van der Waals surface area contributed by atoms with E-state index in [-0.39, 0.29) is 30.4 Å². The highest BCUT2D eigenvalue weighted by atomic mass is 33.1. The molecule has 14 heteroatoms. The Balaban J connectivity index is 1.22. The molecule has 0 unspecified atom stereocenters. The van der Waals surface area contributed by atoms with Crippen LogP contribution in [0.3, 0.4) is 0 Å². The van der Waals surface area contributed by atoms with E-state index in [2.05, 4.69) is 61.0 Å². The van der Waals surface area contributed by atoms with Crippen molar-refractivity contribution in [1.29, 1.82) is 0 Å². The topological polar surface area (TPSA) is 141 Å². The number of rotatable bonds is 18. The Hall–Kier alpha value is -3.69. The number of fused-ring (bicyclic) bond motifs is 3. The fraction of sp³-hybridized carbons (Fsp3) is 0.476. The Labute approximate surface area is 342 Å². The van der Waals surface area contributed by atoms with Gasteiger partial charge in [0.05, 0.1) is 25.9 Å². The quantitative estimate of drug-likeness (QED) is 0.0929. The van der Waals surface area contributed by atoms with Crippen LogP contribution < -0.4 is 16.0 Å². The van der Waals surface area contributed by atoms with Crippen LogP contribution in [0.5, 0.6) is 0 Å². The molecular formula is C42H53N3O8S3. The van der Waals surface area contributed by atoms with Crippen LogP contribution in [0.4, 0.5) is 4.79 Å². The number of ether oxygens (including phenoxy) is 4. The Morgan fingerprint density at radius 1 is 0.875 bits per heavy atom. The molecule has 1 fully saturated rings. The van der Waals surface area contributed by atoms with Crippen molar-refractivity contribution < 1.29 is 38.1 Å². The van der Waals surface area contributed by atoms with E-state index in [0.717, 1.165) is 27.8 Å². The van der Waals surface area contributed by atoms with Gasteiger partial charge in [0.15, 0.2) is 6.10 Å². The van der Waals surface area contributed by atoms with Crippen molar-refractivity contribution in [3.8, 4) is 11.1 Å². The number of methoxy groups -OCH3 is 1. The highest BCUT2D eigenvalue weighted by Gasteiger charge is 2.39. The molecule has 5 atom stereocenters. The Kier molecular flexibility index (Phi) is 16.4. The number of hydrogen-bond donors (Lipinski definition) is 3. The van der Waals surface area contributed by atoms with Crippen LogP contribution >= 0.6 is 33.3 Å². The lowest BCUT2D eigenvalue weighted by Crippen LogP contribution is -2.56. The third-order valence-corrected chi connectivity index (χ3v) is 13.4. The molecule has 3 amide bonds. The molecule has 1 saturated heterocycles. The van der Waals surface area contributed by atoms with E-state index in [9.17, 15) is 19.2 Å². The first kappa shape index (κ1) is 43.4. The fourth-order valence-electron chi connectivity index (χ4n) is 6.66. The predicted molar refractivity (Wildman–Crippen MR) is 225 cm³/mol. The normalized spacial score (nSPS) is 18.8. The van der Waals surface area contributed by atoms with Crippen LogP contribution in [0.2, 0.25) is 0 Å². The standard InChI is InChI=1S/C42H53N3O8S3/c1-42(2,3)56-55-26-35(45-41(49)52-25-33-31-17-11-9-15-29(31)30-16-10-12-18-32(30)33)38(46)43-23-28-19-20-36(51-24-27-13-7-6-8-14-27)37(53-28)39(47)44-34(21-22-54-5)40(48)50-4/h6-18,28,33-37H,19-26H2,1-5H3,(H,43,46)(H,44,47)(H,45,49)/t28-,34-,35-,36-,37-/m0/s1. The first-order valence-electron chi connectivity index (χ1n) is 18.8. The average molecular weight is 824 g/mol. The van der Waals surface area contributed by atoms with E-state index < -0.39 is 54.3 Å². The van der Waals surface area contributed by atoms with Crippen molar-refractivity contribution in [1.82, 2.24) is 16.0 Å². The second-order valence-corrected chi connectivity index (χ2v) is 18.9. The minimum absolute atomic E-state index is 0.0671. The lowest BCUT2D eigenvalue weighted by Gasteiger charge is -2.36. The Morgan fingerprint density at radius 3 is 2.18 bits per heavy atom. The van der Waals surface area contributed by atoms with Gasteiger partial charge in [0, 0.05) is 23.0 Å². The number of carbonyl (C=O) groups is 4. The molecule has 3 N–H and O–H groups in total. The number of carbonyl (C=O) groups excluding carboxylic acids is 4. The molecule has 0 aromatic heterocycles. The zero-order valence-corrected chi connectivity index (χ0v) is 35.1. The molecular weight excluding hydrogens is 771 g/mol. The van der Waals surface area contributed by atoms with Gasteiger partial charge < -0.3 is 34.9 Å². The molecule has 0 bridgehead atoms. The van der Waals surface area contributed by atoms with Gasteiger partial charge in [0.2, 0.25) is 5.91 Å². The van der Waals surface area contributed by atoms with Gasteiger partial charge in [-0.15, -0.1) is 0 Å².